The third-order valence-corrected chi connectivity index (χ3v) is 5.04. The summed E-state index contributed by atoms with van der Waals surface area (Å²) in [5, 5.41) is 12.5. The zero-order valence-corrected chi connectivity index (χ0v) is 13.4. The average Bonchev–Trinajstić information content (AvgIpc) is 2.48. The van der Waals surface area contributed by atoms with Crippen LogP contribution in [0.1, 0.15) is 42.5 Å². The second-order valence-electron chi connectivity index (χ2n) is 5.08. The third-order valence-electron chi connectivity index (χ3n) is 3.74. The Kier molecular flexibility index (Phi) is 5.45. The first-order valence-electron chi connectivity index (χ1n) is 6.78. The standard InChI is InChI=1S/C15H16BrClN2O/c16-12-8-4-7-11(14(12)17)15(20)19-13(9-18)10-5-2-1-3-6-10/h4,7-8,10,13H,1-3,5-6H2,(H,19,20). The summed E-state index contributed by atoms with van der Waals surface area (Å²) >= 11 is 9.41. The van der Waals surface area contributed by atoms with Crippen molar-refractivity contribution >= 4 is 33.4 Å². The minimum atomic E-state index is -0.433. The van der Waals surface area contributed by atoms with Crippen LogP contribution in [0.5, 0.6) is 0 Å². The zero-order valence-electron chi connectivity index (χ0n) is 11.0. The van der Waals surface area contributed by atoms with Crippen LogP contribution in [-0.4, -0.2) is 11.9 Å². The summed E-state index contributed by atoms with van der Waals surface area (Å²) < 4.78 is 0.679. The molecule has 0 radical (unpaired) electrons. The average molecular weight is 356 g/mol. The van der Waals surface area contributed by atoms with E-state index in [1.165, 1.54) is 6.42 Å². The molecule has 0 saturated heterocycles. The van der Waals surface area contributed by atoms with E-state index in [2.05, 4.69) is 27.3 Å². The van der Waals surface area contributed by atoms with E-state index in [4.69, 9.17) is 11.6 Å². The summed E-state index contributed by atoms with van der Waals surface area (Å²) in [5.41, 5.74) is 0.400. The van der Waals surface area contributed by atoms with Crippen molar-refractivity contribution in [1.82, 2.24) is 5.32 Å². The number of hydrogen-bond donors (Lipinski definition) is 1. The molecule has 1 aromatic carbocycles. The van der Waals surface area contributed by atoms with E-state index in [9.17, 15) is 10.1 Å². The number of nitrogens with zero attached hydrogens (tertiary/aromatic N) is 1. The fourth-order valence-corrected chi connectivity index (χ4v) is 3.20. The van der Waals surface area contributed by atoms with Crippen LogP contribution in [0.15, 0.2) is 22.7 Å². The maximum absolute atomic E-state index is 12.3. The van der Waals surface area contributed by atoms with Crippen molar-refractivity contribution in [2.24, 2.45) is 5.92 Å². The molecule has 1 fully saturated rings. The summed E-state index contributed by atoms with van der Waals surface area (Å²) in [6.45, 7) is 0. The SMILES string of the molecule is N#CC(NC(=O)c1cccc(Br)c1Cl)C1CCCCC1. The second-order valence-corrected chi connectivity index (χ2v) is 6.31. The first-order valence-corrected chi connectivity index (χ1v) is 7.95. The lowest BCUT2D eigenvalue weighted by atomic mass is 9.84. The molecule has 1 aliphatic rings. The Bertz CT molecular complexity index is 535. The highest BCUT2D eigenvalue weighted by molar-refractivity contribution is 9.10. The van der Waals surface area contributed by atoms with Gasteiger partial charge >= 0.3 is 0 Å². The molecule has 1 aromatic rings. The Balaban J connectivity index is 2.09. The fourth-order valence-electron chi connectivity index (χ4n) is 2.62. The number of amides is 1. The summed E-state index contributed by atoms with van der Waals surface area (Å²) in [4.78, 5) is 12.3. The summed E-state index contributed by atoms with van der Waals surface area (Å²) in [6, 6.07) is 6.99. The van der Waals surface area contributed by atoms with Gasteiger partial charge in [-0.05, 0) is 46.8 Å². The number of carbonyl (C=O) groups is 1. The van der Waals surface area contributed by atoms with Crippen LogP contribution >= 0.6 is 27.5 Å². The largest absolute Gasteiger partial charge is 0.336 e. The molecule has 0 spiro atoms. The van der Waals surface area contributed by atoms with Gasteiger partial charge in [-0.3, -0.25) is 4.79 Å². The maximum Gasteiger partial charge on any atom is 0.253 e. The van der Waals surface area contributed by atoms with E-state index in [1.54, 1.807) is 18.2 Å². The lowest BCUT2D eigenvalue weighted by Crippen LogP contribution is -2.40. The number of nitriles is 1. The smallest absolute Gasteiger partial charge is 0.253 e. The lowest BCUT2D eigenvalue weighted by molar-refractivity contribution is 0.0929. The quantitative estimate of drug-likeness (QED) is 0.878. The van der Waals surface area contributed by atoms with Gasteiger partial charge in [0.25, 0.3) is 5.91 Å². The molecule has 0 bridgehead atoms. The minimum Gasteiger partial charge on any atom is -0.336 e. The Morgan fingerprint density at radius 3 is 2.75 bits per heavy atom. The highest BCUT2D eigenvalue weighted by atomic mass is 79.9. The van der Waals surface area contributed by atoms with Crippen molar-refractivity contribution in [2.75, 3.05) is 0 Å². The highest BCUT2D eigenvalue weighted by Crippen LogP contribution is 2.28. The van der Waals surface area contributed by atoms with Gasteiger partial charge in [0.15, 0.2) is 0 Å². The maximum atomic E-state index is 12.3. The van der Waals surface area contributed by atoms with E-state index < -0.39 is 6.04 Å². The monoisotopic (exact) mass is 354 g/mol. The fraction of sp³-hybridized carbons (Fsp3) is 0.467. The first kappa shape index (κ1) is 15.3. The Hall–Kier alpha value is -1.05. The zero-order chi connectivity index (χ0) is 14.5. The molecule has 2 rings (SSSR count). The topological polar surface area (TPSA) is 52.9 Å². The van der Waals surface area contributed by atoms with Crippen LogP contribution < -0.4 is 5.32 Å². The lowest BCUT2D eigenvalue weighted by Gasteiger charge is -2.26. The number of halogens is 2. The van der Waals surface area contributed by atoms with Gasteiger partial charge < -0.3 is 5.32 Å². The van der Waals surface area contributed by atoms with Gasteiger partial charge in [-0.2, -0.15) is 5.26 Å². The molecule has 106 valence electrons. The van der Waals surface area contributed by atoms with Gasteiger partial charge in [0.05, 0.1) is 16.7 Å². The van der Waals surface area contributed by atoms with E-state index in [0.29, 0.717) is 15.1 Å². The van der Waals surface area contributed by atoms with Gasteiger partial charge in [-0.1, -0.05) is 36.9 Å². The van der Waals surface area contributed by atoms with Crippen LogP contribution in [0.3, 0.4) is 0 Å². The number of nitrogens with one attached hydrogen (secondary N) is 1. The predicted molar refractivity (Wildman–Crippen MR) is 82.6 cm³/mol. The Morgan fingerprint density at radius 2 is 2.10 bits per heavy atom. The van der Waals surface area contributed by atoms with Gasteiger partial charge in [0, 0.05) is 4.47 Å². The molecule has 0 aliphatic heterocycles. The summed E-state index contributed by atoms with van der Waals surface area (Å²) in [6.07, 6.45) is 5.50. The normalized spacial score (nSPS) is 17.2. The predicted octanol–water partition coefficient (Wildman–Crippen LogP) is 4.30. The van der Waals surface area contributed by atoms with Gasteiger partial charge in [0.1, 0.15) is 6.04 Å². The molecule has 1 unspecified atom stereocenters. The third kappa shape index (κ3) is 3.53. The molecular weight excluding hydrogens is 340 g/mol. The van der Waals surface area contributed by atoms with Gasteiger partial charge in [-0.15, -0.1) is 0 Å². The number of benzene rings is 1. The van der Waals surface area contributed by atoms with E-state index >= 15 is 0 Å². The second kappa shape index (κ2) is 7.10. The number of hydrogen-bond acceptors (Lipinski definition) is 2. The van der Waals surface area contributed by atoms with Gasteiger partial charge in [-0.25, -0.2) is 0 Å². The van der Waals surface area contributed by atoms with E-state index in [0.717, 1.165) is 25.7 Å². The van der Waals surface area contributed by atoms with Crippen molar-refractivity contribution in [2.45, 2.75) is 38.1 Å². The minimum absolute atomic E-state index is 0.253. The number of carbonyl (C=O) groups excluding carboxylic acids is 1. The van der Waals surface area contributed by atoms with Crippen molar-refractivity contribution in [1.29, 1.82) is 5.26 Å². The van der Waals surface area contributed by atoms with Crippen LogP contribution in [0, 0.1) is 17.2 Å². The molecule has 0 heterocycles. The molecule has 1 N–H and O–H groups in total. The van der Waals surface area contributed by atoms with Crippen LogP contribution in [-0.2, 0) is 0 Å². The molecular formula is C15H16BrClN2O. The number of rotatable bonds is 3. The molecule has 1 saturated carbocycles. The molecule has 0 aromatic heterocycles. The Labute approximate surface area is 132 Å². The van der Waals surface area contributed by atoms with Crippen LogP contribution in [0.25, 0.3) is 0 Å². The summed E-state index contributed by atoms with van der Waals surface area (Å²) in [7, 11) is 0. The molecule has 3 nitrogen and oxygen atoms in total. The molecule has 5 heteroatoms. The van der Waals surface area contributed by atoms with Crippen LogP contribution in [0.4, 0.5) is 0 Å². The van der Waals surface area contributed by atoms with Gasteiger partial charge in [0.2, 0.25) is 0 Å². The van der Waals surface area contributed by atoms with Crippen molar-refractivity contribution in [3.05, 3.63) is 33.3 Å². The summed E-state index contributed by atoms with van der Waals surface area (Å²) in [5.74, 6) is -0.0305. The van der Waals surface area contributed by atoms with E-state index in [-0.39, 0.29) is 11.8 Å². The van der Waals surface area contributed by atoms with E-state index in [1.807, 2.05) is 0 Å². The van der Waals surface area contributed by atoms with Crippen molar-refractivity contribution in [3.63, 3.8) is 0 Å². The molecule has 1 atom stereocenters. The highest BCUT2D eigenvalue weighted by Gasteiger charge is 2.26. The molecule has 1 amide bonds. The Morgan fingerprint density at radius 1 is 1.40 bits per heavy atom. The van der Waals surface area contributed by atoms with Crippen LogP contribution in [0.2, 0.25) is 5.02 Å². The van der Waals surface area contributed by atoms with Crippen molar-refractivity contribution < 1.29 is 4.79 Å². The molecule has 1 aliphatic carbocycles. The van der Waals surface area contributed by atoms with Crippen molar-refractivity contribution in [3.8, 4) is 6.07 Å². The first-order chi connectivity index (χ1) is 9.63. The molecule has 20 heavy (non-hydrogen) atoms.